The summed E-state index contributed by atoms with van der Waals surface area (Å²) in [6.07, 6.45) is 2.26. The maximum absolute atomic E-state index is 13.3. The van der Waals surface area contributed by atoms with Crippen LogP contribution in [0.15, 0.2) is 83.3 Å². The zero-order valence-electron chi connectivity index (χ0n) is 23.8. The SMILES string of the molecule is CSCC[C@H](NC(=O)c1ccc(COCc2ccc(-c3ccc(N(C)C)cc3)o2)cc1-c1ccccc1C)C(=O)O. The average Bonchev–Trinajstić information content (AvgIpc) is 3.44. The average molecular weight is 573 g/mol. The monoisotopic (exact) mass is 572 g/mol. The smallest absolute Gasteiger partial charge is 0.326 e. The number of carboxylic acid groups (broad SMARTS) is 1. The molecule has 7 nitrogen and oxygen atoms in total. The van der Waals surface area contributed by atoms with E-state index < -0.39 is 17.9 Å². The summed E-state index contributed by atoms with van der Waals surface area (Å²) < 4.78 is 12.0. The van der Waals surface area contributed by atoms with E-state index in [1.165, 1.54) is 0 Å². The number of anilines is 1. The molecule has 0 unspecified atom stereocenters. The van der Waals surface area contributed by atoms with Gasteiger partial charge in [0, 0.05) is 30.9 Å². The number of nitrogens with zero attached hydrogens (tertiary/aromatic N) is 1. The summed E-state index contributed by atoms with van der Waals surface area (Å²) >= 11 is 1.54. The summed E-state index contributed by atoms with van der Waals surface area (Å²) in [6.45, 7) is 2.61. The number of aryl methyl sites for hydroxylation is 1. The fourth-order valence-corrected chi connectivity index (χ4v) is 4.98. The lowest BCUT2D eigenvalue weighted by atomic mass is 9.93. The molecule has 0 saturated heterocycles. The van der Waals surface area contributed by atoms with Gasteiger partial charge < -0.3 is 24.5 Å². The Morgan fingerprint density at radius 1 is 0.976 bits per heavy atom. The summed E-state index contributed by atoms with van der Waals surface area (Å²) in [6, 6.07) is 24.4. The second-order valence-corrected chi connectivity index (χ2v) is 11.0. The van der Waals surface area contributed by atoms with Gasteiger partial charge in [-0.05, 0) is 96.1 Å². The number of benzene rings is 3. The Kier molecular flexibility index (Phi) is 10.3. The third-order valence-electron chi connectivity index (χ3n) is 6.82. The van der Waals surface area contributed by atoms with Gasteiger partial charge in [0.25, 0.3) is 5.91 Å². The van der Waals surface area contributed by atoms with Crippen molar-refractivity contribution in [1.82, 2.24) is 5.32 Å². The first kappa shape index (κ1) is 30.0. The number of amides is 1. The minimum atomic E-state index is -1.04. The maximum Gasteiger partial charge on any atom is 0.326 e. The molecule has 0 aliphatic heterocycles. The summed E-state index contributed by atoms with van der Waals surface area (Å²) in [4.78, 5) is 27.1. The van der Waals surface area contributed by atoms with Gasteiger partial charge in [0.1, 0.15) is 24.2 Å². The van der Waals surface area contributed by atoms with Gasteiger partial charge in [-0.1, -0.05) is 30.3 Å². The van der Waals surface area contributed by atoms with Crippen molar-refractivity contribution in [2.75, 3.05) is 31.0 Å². The Labute approximate surface area is 245 Å². The molecule has 0 bridgehead atoms. The number of carbonyl (C=O) groups excluding carboxylic acids is 1. The maximum atomic E-state index is 13.3. The number of ether oxygens (including phenoxy) is 1. The molecule has 1 aromatic heterocycles. The van der Waals surface area contributed by atoms with Crippen LogP contribution in [0.2, 0.25) is 0 Å². The molecular weight excluding hydrogens is 536 g/mol. The summed E-state index contributed by atoms with van der Waals surface area (Å²) in [5.74, 6) is 0.686. The van der Waals surface area contributed by atoms with Crippen molar-refractivity contribution in [2.24, 2.45) is 0 Å². The van der Waals surface area contributed by atoms with Crippen molar-refractivity contribution in [3.05, 3.63) is 101 Å². The lowest BCUT2D eigenvalue weighted by Crippen LogP contribution is -2.41. The number of nitrogens with one attached hydrogen (secondary N) is 1. The van der Waals surface area contributed by atoms with Crippen LogP contribution in [0.1, 0.15) is 33.7 Å². The number of carbonyl (C=O) groups is 2. The fraction of sp³-hybridized carbons (Fsp3) is 0.273. The zero-order valence-corrected chi connectivity index (χ0v) is 24.7. The van der Waals surface area contributed by atoms with Gasteiger partial charge in [-0.15, -0.1) is 0 Å². The zero-order chi connectivity index (χ0) is 29.4. The van der Waals surface area contributed by atoms with E-state index in [0.717, 1.165) is 45.0 Å². The minimum absolute atomic E-state index is 0.299. The van der Waals surface area contributed by atoms with Crippen LogP contribution < -0.4 is 10.2 Å². The van der Waals surface area contributed by atoms with Crippen molar-refractivity contribution in [1.29, 1.82) is 0 Å². The Hall–Kier alpha value is -4.01. The molecule has 0 spiro atoms. The van der Waals surface area contributed by atoms with Crippen LogP contribution in [0.3, 0.4) is 0 Å². The quantitative estimate of drug-likeness (QED) is 0.186. The van der Waals surface area contributed by atoms with Crippen molar-refractivity contribution in [2.45, 2.75) is 32.6 Å². The highest BCUT2D eigenvalue weighted by molar-refractivity contribution is 7.98. The van der Waals surface area contributed by atoms with Gasteiger partial charge in [-0.2, -0.15) is 11.8 Å². The highest BCUT2D eigenvalue weighted by atomic mass is 32.2. The van der Waals surface area contributed by atoms with Gasteiger partial charge in [-0.3, -0.25) is 4.79 Å². The molecular formula is C33H36N2O5S. The molecule has 4 aromatic rings. The normalized spacial score (nSPS) is 11.7. The van der Waals surface area contributed by atoms with E-state index in [1.54, 1.807) is 17.8 Å². The third-order valence-corrected chi connectivity index (χ3v) is 7.46. The molecule has 8 heteroatoms. The minimum Gasteiger partial charge on any atom is -0.480 e. The van der Waals surface area contributed by atoms with Crippen LogP contribution in [0.4, 0.5) is 5.69 Å². The third kappa shape index (κ3) is 7.80. The van der Waals surface area contributed by atoms with Crippen LogP contribution in [0.25, 0.3) is 22.5 Å². The molecule has 0 radical (unpaired) electrons. The van der Waals surface area contributed by atoms with Crippen LogP contribution >= 0.6 is 11.8 Å². The van der Waals surface area contributed by atoms with Gasteiger partial charge in [0.05, 0.1) is 6.61 Å². The molecule has 0 saturated carbocycles. The summed E-state index contributed by atoms with van der Waals surface area (Å²) in [5, 5.41) is 12.3. The number of hydrogen-bond acceptors (Lipinski definition) is 6. The standard InChI is InChI=1S/C33H36N2O5S/c1-22-7-5-6-8-27(22)29-19-23(9-15-28(29)32(36)34-30(33(37)38)17-18-41-4)20-39-21-26-14-16-31(40-26)24-10-12-25(13-11-24)35(2)3/h5-16,19,30H,17-18,20-21H2,1-4H3,(H,34,36)(H,37,38)/t30-/m0/s1. The Bertz CT molecular complexity index is 1480. The lowest BCUT2D eigenvalue weighted by Gasteiger charge is -2.17. The van der Waals surface area contributed by atoms with E-state index >= 15 is 0 Å². The first-order valence-electron chi connectivity index (χ1n) is 13.4. The van der Waals surface area contributed by atoms with Crippen LogP contribution in [0.5, 0.6) is 0 Å². The summed E-state index contributed by atoms with van der Waals surface area (Å²) in [7, 11) is 4.01. The first-order valence-corrected chi connectivity index (χ1v) is 14.8. The van der Waals surface area contributed by atoms with Gasteiger partial charge in [0.2, 0.25) is 0 Å². The van der Waals surface area contributed by atoms with E-state index in [-0.39, 0.29) is 0 Å². The molecule has 0 fully saturated rings. The predicted molar refractivity (Wildman–Crippen MR) is 165 cm³/mol. The molecule has 1 atom stereocenters. The molecule has 214 valence electrons. The van der Waals surface area contributed by atoms with Crippen molar-refractivity contribution in [3.63, 3.8) is 0 Å². The molecule has 41 heavy (non-hydrogen) atoms. The second kappa shape index (κ2) is 14.1. The summed E-state index contributed by atoms with van der Waals surface area (Å²) in [5.41, 5.74) is 6.09. The molecule has 1 heterocycles. The fourth-order valence-electron chi connectivity index (χ4n) is 4.51. The van der Waals surface area contributed by atoms with Crippen molar-refractivity contribution >= 4 is 29.3 Å². The molecule has 4 rings (SSSR count). The predicted octanol–water partition coefficient (Wildman–Crippen LogP) is 6.64. The van der Waals surface area contributed by atoms with Gasteiger partial charge >= 0.3 is 5.97 Å². The highest BCUT2D eigenvalue weighted by Crippen LogP contribution is 2.29. The Morgan fingerprint density at radius 2 is 1.73 bits per heavy atom. The molecule has 2 N–H and O–H groups in total. The largest absolute Gasteiger partial charge is 0.480 e. The van der Waals surface area contributed by atoms with E-state index in [0.29, 0.717) is 31.0 Å². The Morgan fingerprint density at radius 3 is 2.41 bits per heavy atom. The van der Waals surface area contributed by atoms with Gasteiger partial charge in [-0.25, -0.2) is 4.79 Å². The van der Waals surface area contributed by atoms with Crippen molar-refractivity contribution in [3.8, 4) is 22.5 Å². The van der Waals surface area contributed by atoms with Crippen LogP contribution in [-0.2, 0) is 22.7 Å². The molecule has 1 amide bonds. The molecule has 0 aliphatic carbocycles. The van der Waals surface area contributed by atoms with E-state index in [1.807, 2.05) is 92.8 Å². The van der Waals surface area contributed by atoms with Crippen LogP contribution in [-0.4, -0.2) is 49.1 Å². The topological polar surface area (TPSA) is 92.0 Å². The first-order chi connectivity index (χ1) is 19.8. The van der Waals surface area contributed by atoms with Crippen molar-refractivity contribution < 1.29 is 23.8 Å². The number of carboxylic acids is 1. The van der Waals surface area contributed by atoms with Crippen LogP contribution in [0, 0.1) is 6.92 Å². The highest BCUT2D eigenvalue weighted by Gasteiger charge is 2.23. The molecule has 3 aromatic carbocycles. The van der Waals surface area contributed by atoms with Gasteiger partial charge in [0.15, 0.2) is 0 Å². The number of thioether (sulfide) groups is 1. The number of furan rings is 1. The van der Waals surface area contributed by atoms with E-state index in [2.05, 4.69) is 17.4 Å². The van der Waals surface area contributed by atoms with E-state index in [9.17, 15) is 14.7 Å². The molecule has 0 aliphatic rings. The number of rotatable bonds is 13. The van der Waals surface area contributed by atoms with E-state index in [4.69, 9.17) is 9.15 Å². The second-order valence-electron chi connectivity index (χ2n) is 10.0. The lowest BCUT2D eigenvalue weighted by molar-refractivity contribution is -0.139. The number of hydrogen-bond donors (Lipinski definition) is 2. The Balaban J connectivity index is 1.48. The number of aliphatic carboxylic acids is 1.